The summed E-state index contributed by atoms with van der Waals surface area (Å²) in [6, 6.07) is 11.3. The summed E-state index contributed by atoms with van der Waals surface area (Å²) in [4.78, 5) is 33.5. The fraction of sp³-hybridized carbons (Fsp3) is 0.444. The number of amides is 1. The summed E-state index contributed by atoms with van der Waals surface area (Å²) in [6.45, 7) is 2.53. The van der Waals surface area contributed by atoms with Gasteiger partial charge in [0.05, 0.1) is 16.9 Å². The van der Waals surface area contributed by atoms with Gasteiger partial charge in [-0.3, -0.25) is 14.2 Å². The van der Waals surface area contributed by atoms with Gasteiger partial charge in [-0.1, -0.05) is 18.9 Å². The van der Waals surface area contributed by atoms with Crippen molar-refractivity contribution < 1.29 is 14.3 Å². The molecule has 3 aliphatic rings. The second kappa shape index (κ2) is 8.78. The Morgan fingerprint density at radius 1 is 0.912 bits per heavy atom. The van der Waals surface area contributed by atoms with E-state index in [2.05, 4.69) is 0 Å². The number of aromatic nitrogens is 2. The number of benzene rings is 2. The average Bonchev–Trinajstić information content (AvgIpc) is 3.34. The predicted octanol–water partition coefficient (Wildman–Crippen LogP) is 4.26. The van der Waals surface area contributed by atoms with Crippen molar-refractivity contribution in [3.05, 3.63) is 63.7 Å². The van der Waals surface area contributed by atoms with Crippen molar-refractivity contribution in [2.24, 2.45) is 0 Å². The number of fused-ring (bicyclic) bond motifs is 3. The van der Waals surface area contributed by atoms with E-state index in [0.717, 1.165) is 68.0 Å². The Morgan fingerprint density at radius 2 is 1.76 bits per heavy atom. The highest BCUT2D eigenvalue weighted by atomic mass is 16.6. The Labute approximate surface area is 198 Å². The number of likely N-dealkylation sites (tertiary alicyclic amines) is 1. The number of hydrogen-bond acceptors (Lipinski definition) is 5. The van der Waals surface area contributed by atoms with Gasteiger partial charge in [-0.05, 0) is 61.6 Å². The van der Waals surface area contributed by atoms with Gasteiger partial charge in [0, 0.05) is 25.1 Å². The highest BCUT2D eigenvalue weighted by molar-refractivity contribution is 5.98. The van der Waals surface area contributed by atoms with Crippen molar-refractivity contribution in [2.45, 2.75) is 57.5 Å². The molecule has 0 radical (unpaired) electrons. The molecular weight excluding hydrogens is 430 g/mol. The number of hydrogen-bond donors (Lipinski definition) is 0. The van der Waals surface area contributed by atoms with Crippen LogP contribution >= 0.6 is 0 Å². The zero-order valence-corrected chi connectivity index (χ0v) is 19.3. The standard InChI is InChI=1S/C27H29N3O4/c31-26(29-13-5-6-22(29)18-9-11-23-24(17-18)34-15-14-33-23)19-8-10-20-21(16-19)28-25-7-3-1-2-4-12-30(25)27(20)32/h8-11,16-17,22H,1-7,12-15H2. The minimum Gasteiger partial charge on any atom is -0.486 e. The number of aryl methyl sites for hydroxylation is 1. The van der Waals surface area contributed by atoms with Crippen LogP contribution in [-0.4, -0.2) is 40.1 Å². The molecule has 4 heterocycles. The Bertz CT molecular complexity index is 1320. The molecule has 6 rings (SSSR count). The van der Waals surface area contributed by atoms with Crippen LogP contribution < -0.4 is 15.0 Å². The lowest BCUT2D eigenvalue weighted by molar-refractivity contribution is 0.0735. The third kappa shape index (κ3) is 3.73. The van der Waals surface area contributed by atoms with Crippen molar-refractivity contribution >= 4 is 16.8 Å². The minimum atomic E-state index is -0.0204. The van der Waals surface area contributed by atoms with Crippen LogP contribution in [0.5, 0.6) is 11.5 Å². The van der Waals surface area contributed by atoms with Gasteiger partial charge in [-0.2, -0.15) is 0 Å². The Balaban J connectivity index is 1.32. The largest absolute Gasteiger partial charge is 0.486 e. The summed E-state index contributed by atoms with van der Waals surface area (Å²) in [5.74, 6) is 2.33. The maximum Gasteiger partial charge on any atom is 0.261 e. The van der Waals surface area contributed by atoms with Gasteiger partial charge in [0.25, 0.3) is 11.5 Å². The lowest BCUT2D eigenvalue weighted by Gasteiger charge is -2.27. The second-order valence-electron chi connectivity index (χ2n) is 9.44. The van der Waals surface area contributed by atoms with E-state index in [4.69, 9.17) is 14.5 Å². The number of carbonyl (C=O) groups is 1. The molecule has 0 spiro atoms. The average molecular weight is 460 g/mol. The molecule has 1 atom stereocenters. The molecule has 3 aliphatic heterocycles. The summed E-state index contributed by atoms with van der Waals surface area (Å²) >= 11 is 0. The number of carbonyl (C=O) groups excluding carboxylic acids is 1. The second-order valence-corrected chi connectivity index (χ2v) is 9.44. The number of nitrogens with zero attached hydrogens (tertiary/aromatic N) is 3. The van der Waals surface area contributed by atoms with Gasteiger partial charge < -0.3 is 14.4 Å². The monoisotopic (exact) mass is 459 g/mol. The number of rotatable bonds is 2. The molecule has 3 aromatic rings. The van der Waals surface area contributed by atoms with E-state index in [9.17, 15) is 9.59 Å². The predicted molar refractivity (Wildman–Crippen MR) is 129 cm³/mol. The van der Waals surface area contributed by atoms with Crippen molar-refractivity contribution in [3.63, 3.8) is 0 Å². The van der Waals surface area contributed by atoms with Crippen LogP contribution in [0.3, 0.4) is 0 Å². The van der Waals surface area contributed by atoms with Crippen molar-refractivity contribution in [2.75, 3.05) is 19.8 Å². The van der Waals surface area contributed by atoms with Gasteiger partial charge in [0.15, 0.2) is 11.5 Å². The molecule has 1 saturated heterocycles. The van der Waals surface area contributed by atoms with E-state index in [-0.39, 0.29) is 17.5 Å². The van der Waals surface area contributed by atoms with Gasteiger partial charge in [0.1, 0.15) is 19.0 Å². The van der Waals surface area contributed by atoms with E-state index in [1.165, 1.54) is 6.42 Å². The van der Waals surface area contributed by atoms with E-state index >= 15 is 0 Å². The highest BCUT2D eigenvalue weighted by Gasteiger charge is 2.32. The SMILES string of the molecule is O=C(c1ccc2c(=O)n3c(nc2c1)CCCCCC3)N1CCCC1c1ccc2c(c1)OCCO2. The number of ether oxygens (including phenoxy) is 2. The molecule has 0 aliphatic carbocycles. The highest BCUT2D eigenvalue weighted by Crippen LogP contribution is 2.38. The minimum absolute atomic E-state index is 0.00611. The van der Waals surface area contributed by atoms with Gasteiger partial charge in [-0.25, -0.2) is 4.98 Å². The smallest absolute Gasteiger partial charge is 0.261 e. The first-order chi connectivity index (χ1) is 16.7. The molecule has 1 aromatic heterocycles. The Kier molecular flexibility index (Phi) is 5.47. The van der Waals surface area contributed by atoms with Crippen LogP contribution in [0.25, 0.3) is 10.9 Å². The van der Waals surface area contributed by atoms with Crippen LogP contribution in [-0.2, 0) is 13.0 Å². The topological polar surface area (TPSA) is 73.7 Å². The first-order valence-corrected chi connectivity index (χ1v) is 12.4. The molecule has 1 unspecified atom stereocenters. The molecule has 2 aromatic carbocycles. The molecular formula is C27H29N3O4. The quantitative estimate of drug-likeness (QED) is 0.573. The summed E-state index contributed by atoms with van der Waals surface area (Å²) in [5.41, 5.74) is 2.28. The summed E-state index contributed by atoms with van der Waals surface area (Å²) in [5, 5.41) is 0.589. The summed E-state index contributed by atoms with van der Waals surface area (Å²) in [7, 11) is 0. The van der Waals surface area contributed by atoms with Crippen LogP contribution in [0, 0.1) is 0 Å². The Hall–Kier alpha value is -3.35. The zero-order chi connectivity index (χ0) is 23.1. The molecule has 0 saturated carbocycles. The molecule has 34 heavy (non-hydrogen) atoms. The fourth-order valence-electron chi connectivity index (χ4n) is 5.52. The first kappa shape index (κ1) is 21.2. The van der Waals surface area contributed by atoms with E-state index in [0.29, 0.717) is 36.2 Å². The Morgan fingerprint density at radius 3 is 2.68 bits per heavy atom. The first-order valence-electron chi connectivity index (χ1n) is 12.4. The van der Waals surface area contributed by atoms with Crippen LogP contribution in [0.15, 0.2) is 41.2 Å². The van der Waals surface area contributed by atoms with E-state index in [1.807, 2.05) is 27.7 Å². The molecule has 7 heteroatoms. The van der Waals surface area contributed by atoms with Crippen LogP contribution in [0.4, 0.5) is 0 Å². The van der Waals surface area contributed by atoms with E-state index < -0.39 is 0 Å². The van der Waals surface area contributed by atoms with Crippen LogP contribution in [0.2, 0.25) is 0 Å². The molecule has 176 valence electrons. The zero-order valence-electron chi connectivity index (χ0n) is 19.3. The van der Waals surface area contributed by atoms with Crippen molar-refractivity contribution in [3.8, 4) is 11.5 Å². The van der Waals surface area contributed by atoms with Gasteiger partial charge in [0.2, 0.25) is 0 Å². The van der Waals surface area contributed by atoms with Gasteiger partial charge in [-0.15, -0.1) is 0 Å². The summed E-state index contributed by atoms with van der Waals surface area (Å²) in [6.07, 6.45) is 7.04. The normalized spacial score (nSPS) is 20.0. The third-order valence-electron chi connectivity index (χ3n) is 7.28. The van der Waals surface area contributed by atoms with Crippen molar-refractivity contribution in [1.29, 1.82) is 0 Å². The molecule has 0 bridgehead atoms. The van der Waals surface area contributed by atoms with Crippen LogP contribution in [0.1, 0.15) is 66.3 Å². The maximum absolute atomic E-state index is 13.6. The third-order valence-corrected chi connectivity index (χ3v) is 7.28. The summed E-state index contributed by atoms with van der Waals surface area (Å²) < 4.78 is 13.2. The molecule has 1 fully saturated rings. The fourth-order valence-corrected chi connectivity index (χ4v) is 5.52. The van der Waals surface area contributed by atoms with E-state index in [1.54, 1.807) is 18.2 Å². The molecule has 0 N–H and O–H groups in total. The maximum atomic E-state index is 13.6. The van der Waals surface area contributed by atoms with Crippen molar-refractivity contribution in [1.82, 2.24) is 14.5 Å². The molecule has 1 amide bonds. The lowest BCUT2D eigenvalue weighted by Crippen LogP contribution is -2.31. The molecule has 7 nitrogen and oxygen atoms in total. The lowest BCUT2D eigenvalue weighted by atomic mass is 10.0. The van der Waals surface area contributed by atoms with Gasteiger partial charge >= 0.3 is 0 Å².